The van der Waals surface area contributed by atoms with Crippen LogP contribution in [-0.4, -0.2) is 5.11 Å². The zero-order valence-electron chi connectivity index (χ0n) is 15.6. The van der Waals surface area contributed by atoms with Crippen molar-refractivity contribution in [3.63, 3.8) is 0 Å². The molecule has 0 radical (unpaired) electrons. The Morgan fingerprint density at radius 1 is 0.920 bits per heavy atom. The van der Waals surface area contributed by atoms with Gasteiger partial charge in [-0.05, 0) is 48.1 Å². The van der Waals surface area contributed by atoms with Crippen molar-refractivity contribution in [2.75, 3.05) is 5.32 Å². The average molecular weight is 338 g/mol. The number of nitrogens with one attached hydrogen (secondary N) is 1. The second-order valence-electron chi connectivity index (χ2n) is 6.66. The number of anilines is 1. The zero-order valence-corrected chi connectivity index (χ0v) is 15.6. The molecule has 2 nitrogen and oxygen atoms in total. The largest absolute Gasteiger partial charge is 0.382 e. The number of hydrogen-bond donors (Lipinski definition) is 2. The van der Waals surface area contributed by atoms with Gasteiger partial charge in [0.1, 0.15) is 6.10 Å². The quantitative estimate of drug-likeness (QED) is 0.519. The number of benzene rings is 2. The third-order valence-electron chi connectivity index (χ3n) is 4.61. The van der Waals surface area contributed by atoms with Gasteiger partial charge in [-0.1, -0.05) is 76.1 Å². The molecule has 2 rings (SSSR count). The van der Waals surface area contributed by atoms with Gasteiger partial charge in [0.15, 0.2) is 0 Å². The standard InChI is InChI=1S/C23H31NO/c1-4-6-7-8-9-20-10-14-21(15-11-20)23(25)18(3)24-22-16-12-19(5-2)13-17-22/h10-17,23-25H,3-9H2,1-2H3. The van der Waals surface area contributed by atoms with E-state index in [4.69, 9.17) is 0 Å². The van der Waals surface area contributed by atoms with Crippen LogP contribution >= 0.6 is 0 Å². The molecule has 2 heteroatoms. The Labute approximate surface area is 152 Å². The molecule has 2 N–H and O–H groups in total. The summed E-state index contributed by atoms with van der Waals surface area (Å²) in [5.74, 6) is 0. The summed E-state index contributed by atoms with van der Waals surface area (Å²) in [6.45, 7) is 8.37. The first-order valence-corrected chi connectivity index (χ1v) is 9.45. The molecule has 2 aromatic rings. The van der Waals surface area contributed by atoms with Gasteiger partial charge >= 0.3 is 0 Å². The Bertz CT molecular complexity index is 643. The van der Waals surface area contributed by atoms with Crippen molar-refractivity contribution in [1.82, 2.24) is 0 Å². The van der Waals surface area contributed by atoms with Crippen molar-refractivity contribution in [2.45, 2.75) is 58.5 Å². The van der Waals surface area contributed by atoms with Gasteiger partial charge in [-0.15, -0.1) is 0 Å². The van der Waals surface area contributed by atoms with Crippen molar-refractivity contribution in [1.29, 1.82) is 0 Å². The van der Waals surface area contributed by atoms with Crippen LogP contribution in [0.2, 0.25) is 0 Å². The van der Waals surface area contributed by atoms with Gasteiger partial charge in [0.05, 0.1) is 0 Å². The monoisotopic (exact) mass is 337 g/mol. The molecule has 1 atom stereocenters. The normalized spacial score (nSPS) is 12.0. The number of unbranched alkanes of at least 4 members (excludes halogenated alkanes) is 3. The van der Waals surface area contributed by atoms with E-state index in [1.165, 1.54) is 36.8 Å². The van der Waals surface area contributed by atoms with Gasteiger partial charge in [0, 0.05) is 11.4 Å². The summed E-state index contributed by atoms with van der Waals surface area (Å²) in [7, 11) is 0. The van der Waals surface area contributed by atoms with Crippen LogP contribution < -0.4 is 5.32 Å². The second kappa shape index (κ2) is 10.0. The lowest BCUT2D eigenvalue weighted by molar-refractivity contribution is 0.217. The summed E-state index contributed by atoms with van der Waals surface area (Å²) in [5, 5.41) is 13.7. The molecule has 0 aliphatic heterocycles. The second-order valence-corrected chi connectivity index (χ2v) is 6.66. The highest BCUT2D eigenvalue weighted by molar-refractivity contribution is 5.50. The molecule has 25 heavy (non-hydrogen) atoms. The first-order valence-electron chi connectivity index (χ1n) is 9.45. The number of rotatable bonds is 10. The number of hydrogen-bond acceptors (Lipinski definition) is 2. The first-order chi connectivity index (χ1) is 12.1. The summed E-state index contributed by atoms with van der Waals surface area (Å²) in [6.07, 6.45) is 6.52. The summed E-state index contributed by atoms with van der Waals surface area (Å²) in [4.78, 5) is 0. The molecule has 0 spiro atoms. The molecule has 2 aromatic carbocycles. The Morgan fingerprint density at radius 3 is 2.16 bits per heavy atom. The Morgan fingerprint density at radius 2 is 1.56 bits per heavy atom. The first kappa shape index (κ1) is 19.3. The lowest BCUT2D eigenvalue weighted by Crippen LogP contribution is -2.09. The predicted molar refractivity (Wildman–Crippen MR) is 108 cm³/mol. The zero-order chi connectivity index (χ0) is 18.1. The van der Waals surface area contributed by atoms with Gasteiger partial charge in [-0.2, -0.15) is 0 Å². The molecule has 134 valence electrons. The highest BCUT2D eigenvalue weighted by Gasteiger charge is 2.11. The van der Waals surface area contributed by atoms with Crippen LogP contribution in [0.4, 0.5) is 5.69 Å². The SMILES string of the molecule is C=C(Nc1ccc(CC)cc1)C(O)c1ccc(CCCCCC)cc1. The Hall–Kier alpha value is -2.06. The van der Waals surface area contributed by atoms with Crippen LogP contribution in [-0.2, 0) is 12.8 Å². The van der Waals surface area contributed by atoms with Crippen molar-refractivity contribution in [3.05, 3.63) is 77.5 Å². The average Bonchev–Trinajstić information content (AvgIpc) is 2.66. The van der Waals surface area contributed by atoms with E-state index in [-0.39, 0.29) is 0 Å². The molecule has 0 amide bonds. The van der Waals surface area contributed by atoms with Crippen LogP contribution in [0.3, 0.4) is 0 Å². The van der Waals surface area contributed by atoms with Crippen molar-refractivity contribution in [2.24, 2.45) is 0 Å². The number of aryl methyl sites for hydroxylation is 2. The van der Waals surface area contributed by atoms with Crippen LogP contribution in [0.5, 0.6) is 0 Å². The number of aliphatic hydroxyl groups is 1. The molecule has 1 unspecified atom stereocenters. The van der Waals surface area contributed by atoms with E-state index in [1.807, 2.05) is 24.3 Å². The fourth-order valence-corrected chi connectivity index (χ4v) is 2.90. The third kappa shape index (κ3) is 6.06. The van der Waals surface area contributed by atoms with Crippen LogP contribution in [0.25, 0.3) is 0 Å². The molecular formula is C23H31NO. The van der Waals surface area contributed by atoms with E-state index < -0.39 is 6.10 Å². The topological polar surface area (TPSA) is 32.3 Å². The van der Waals surface area contributed by atoms with Gasteiger partial charge in [-0.3, -0.25) is 0 Å². The summed E-state index contributed by atoms with van der Waals surface area (Å²) in [6, 6.07) is 16.5. The maximum atomic E-state index is 10.5. The molecule has 0 saturated carbocycles. The highest BCUT2D eigenvalue weighted by Crippen LogP contribution is 2.23. The summed E-state index contributed by atoms with van der Waals surface area (Å²) in [5.41, 5.74) is 5.06. The lowest BCUT2D eigenvalue weighted by atomic mass is 10.0. The third-order valence-corrected chi connectivity index (χ3v) is 4.61. The molecule has 0 heterocycles. The van der Waals surface area contributed by atoms with Crippen LogP contribution in [0.15, 0.2) is 60.8 Å². The molecule has 0 aromatic heterocycles. The van der Waals surface area contributed by atoms with Crippen LogP contribution in [0.1, 0.15) is 62.3 Å². The number of aliphatic hydroxyl groups excluding tert-OH is 1. The lowest BCUT2D eigenvalue weighted by Gasteiger charge is -2.17. The summed E-state index contributed by atoms with van der Waals surface area (Å²) >= 11 is 0. The van der Waals surface area contributed by atoms with Crippen molar-refractivity contribution in [3.8, 4) is 0 Å². The van der Waals surface area contributed by atoms with Crippen molar-refractivity contribution >= 4 is 5.69 Å². The Balaban J connectivity index is 1.89. The van der Waals surface area contributed by atoms with E-state index >= 15 is 0 Å². The molecule has 0 fully saturated rings. The maximum absolute atomic E-state index is 10.5. The molecule has 0 saturated heterocycles. The van der Waals surface area contributed by atoms with Gasteiger partial charge in [0.25, 0.3) is 0 Å². The van der Waals surface area contributed by atoms with E-state index in [0.717, 1.165) is 24.1 Å². The molecule has 0 bridgehead atoms. The van der Waals surface area contributed by atoms with Gasteiger partial charge in [0.2, 0.25) is 0 Å². The van der Waals surface area contributed by atoms with Gasteiger partial charge < -0.3 is 10.4 Å². The van der Waals surface area contributed by atoms with Gasteiger partial charge in [-0.25, -0.2) is 0 Å². The minimum Gasteiger partial charge on any atom is -0.382 e. The maximum Gasteiger partial charge on any atom is 0.118 e. The smallest absolute Gasteiger partial charge is 0.118 e. The fourth-order valence-electron chi connectivity index (χ4n) is 2.90. The molecular weight excluding hydrogens is 306 g/mol. The van der Waals surface area contributed by atoms with E-state index in [1.54, 1.807) is 0 Å². The van der Waals surface area contributed by atoms with Crippen LogP contribution in [0, 0.1) is 0 Å². The highest BCUT2D eigenvalue weighted by atomic mass is 16.3. The summed E-state index contributed by atoms with van der Waals surface area (Å²) < 4.78 is 0. The van der Waals surface area contributed by atoms with E-state index in [9.17, 15) is 5.11 Å². The van der Waals surface area contributed by atoms with Crippen molar-refractivity contribution < 1.29 is 5.11 Å². The Kier molecular flexibility index (Phi) is 7.75. The fraction of sp³-hybridized carbons (Fsp3) is 0.391. The molecule has 0 aliphatic rings. The predicted octanol–water partition coefficient (Wildman–Crippen LogP) is 6.03. The van der Waals surface area contributed by atoms with E-state index in [0.29, 0.717) is 5.70 Å². The minimum absolute atomic E-state index is 0.597. The van der Waals surface area contributed by atoms with E-state index in [2.05, 4.69) is 50.0 Å². The molecule has 0 aliphatic carbocycles. The minimum atomic E-state index is -0.708.